The molecule has 0 aliphatic rings. The molecule has 0 atom stereocenters. The molecule has 0 aliphatic heterocycles. The van der Waals surface area contributed by atoms with Crippen molar-refractivity contribution in [3.63, 3.8) is 0 Å². The Hall–Kier alpha value is -3.42. The van der Waals surface area contributed by atoms with E-state index >= 15 is 0 Å². The number of rotatable bonds is 6. The summed E-state index contributed by atoms with van der Waals surface area (Å²) in [4.78, 5) is 35.4. The first-order chi connectivity index (χ1) is 12.5. The molecule has 8 nitrogen and oxygen atoms in total. The van der Waals surface area contributed by atoms with E-state index in [9.17, 15) is 14.4 Å². The highest BCUT2D eigenvalue weighted by atomic mass is 16.3. The molecule has 0 unspecified atom stereocenters. The number of carbonyl (C=O) groups is 3. The molecule has 0 saturated heterocycles. The van der Waals surface area contributed by atoms with Crippen LogP contribution in [0.4, 0.5) is 5.69 Å². The number of anilines is 1. The molecular formula is C18H20N4O4. The number of para-hydroxylation sites is 1. The van der Waals surface area contributed by atoms with Crippen molar-refractivity contribution in [1.29, 1.82) is 0 Å². The van der Waals surface area contributed by atoms with Crippen molar-refractivity contribution in [1.82, 2.24) is 10.7 Å². The summed E-state index contributed by atoms with van der Waals surface area (Å²) in [6, 6.07) is 10.6. The van der Waals surface area contributed by atoms with E-state index in [1.807, 2.05) is 19.1 Å². The lowest BCUT2D eigenvalue weighted by Crippen LogP contribution is -2.33. The summed E-state index contributed by atoms with van der Waals surface area (Å²) in [5, 5.41) is 8.93. The third kappa shape index (κ3) is 5.90. The third-order valence-electron chi connectivity index (χ3n) is 3.40. The molecule has 136 valence electrons. The SMILES string of the molecule is C/C(CC(=O)NCc1ccco1)=N/NC(=O)C(=O)Nc1ccccc1C. The van der Waals surface area contributed by atoms with Crippen LogP contribution in [-0.4, -0.2) is 23.4 Å². The number of furan rings is 1. The van der Waals surface area contributed by atoms with E-state index in [2.05, 4.69) is 21.2 Å². The fourth-order valence-corrected chi connectivity index (χ4v) is 2.02. The van der Waals surface area contributed by atoms with Crippen molar-refractivity contribution < 1.29 is 18.8 Å². The Morgan fingerprint density at radius 2 is 1.85 bits per heavy atom. The number of hydrogen-bond donors (Lipinski definition) is 3. The van der Waals surface area contributed by atoms with E-state index in [-0.39, 0.29) is 18.9 Å². The van der Waals surface area contributed by atoms with Gasteiger partial charge in [0.2, 0.25) is 5.91 Å². The van der Waals surface area contributed by atoms with E-state index in [1.165, 1.54) is 6.26 Å². The smallest absolute Gasteiger partial charge is 0.329 e. The second-order valence-electron chi connectivity index (χ2n) is 5.59. The Kier molecular flexibility index (Phi) is 6.67. The van der Waals surface area contributed by atoms with Crippen molar-refractivity contribution in [3.05, 3.63) is 54.0 Å². The van der Waals surface area contributed by atoms with Crippen molar-refractivity contribution in [2.75, 3.05) is 5.32 Å². The lowest BCUT2D eigenvalue weighted by molar-refractivity contribution is -0.136. The number of aryl methyl sites for hydroxylation is 1. The maximum Gasteiger partial charge on any atom is 0.329 e. The zero-order valence-electron chi connectivity index (χ0n) is 14.5. The molecule has 0 bridgehead atoms. The standard InChI is InChI=1S/C18H20N4O4/c1-12-6-3-4-8-15(12)20-17(24)18(25)22-21-13(2)10-16(23)19-11-14-7-5-9-26-14/h3-9H,10-11H2,1-2H3,(H,19,23)(H,20,24)(H,22,25)/b21-13-. The largest absolute Gasteiger partial charge is 0.467 e. The summed E-state index contributed by atoms with van der Waals surface area (Å²) < 4.78 is 5.10. The van der Waals surface area contributed by atoms with Gasteiger partial charge >= 0.3 is 11.8 Å². The van der Waals surface area contributed by atoms with E-state index < -0.39 is 11.8 Å². The van der Waals surface area contributed by atoms with Crippen LogP contribution in [0.2, 0.25) is 0 Å². The van der Waals surface area contributed by atoms with E-state index in [1.54, 1.807) is 31.2 Å². The number of nitrogens with zero attached hydrogens (tertiary/aromatic N) is 1. The molecule has 3 N–H and O–H groups in total. The third-order valence-corrected chi connectivity index (χ3v) is 3.40. The maximum atomic E-state index is 11.9. The number of hydrazone groups is 1. The summed E-state index contributed by atoms with van der Waals surface area (Å²) >= 11 is 0. The average Bonchev–Trinajstić information content (AvgIpc) is 3.13. The second-order valence-corrected chi connectivity index (χ2v) is 5.59. The normalized spacial score (nSPS) is 10.9. The molecule has 0 radical (unpaired) electrons. The van der Waals surface area contributed by atoms with Crippen LogP contribution in [0.15, 0.2) is 52.2 Å². The van der Waals surface area contributed by atoms with Crippen LogP contribution in [-0.2, 0) is 20.9 Å². The van der Waals surface area contributed by atoms with E-state index in [4.69, 9.17) is 4.42 Å². The van der Waals surface area contributed by atoms with E-state index in [0.29, 0.717) is 17.2 Å². The van der Waals surface area contributed by atoms with Crippen LogP contribution in [0.25, 0.3) is 0 Å². The summed E-state index contributed by atoms with van der Waals surface area (Å²) in [5.74, 6) is -1.39. The molecule has 0 spiro atoms. The molecule has 8 heteroatoms. The first-order valence-electron chi connectivity index (χ1n) is 7.95. The minimum absolute atomic E-state index is 0.0135. The van der Waals surface area contributed by atoms with Crippen molar-refractivity contribution in [3.8, 4) is 0 Å². The molecule has 3 amide bonds. The molecule has 0 fully saturated rings. The zero-order chi connectivity index (χ0) is 18.9. The Balaban J connectivity index is 1.77. The Labute approximate surface area is 150 Å². The Morgan fingerprint density at radius 1 is 1.08 bits per heavy atom. The van der Waals surface area contributed by atoms with Gasteiger partial charge in [0.25, 0.3) is 0 Å². The molecule has 1 heterocycles. The minimum atomic E-state index is -0.913. The zero-order valence-corrected chi connectivity index (χ0v) is 14.5. The summed E-state index contributed by atoms with van der Waals surface area (Å²) in [6.45, 7) is 3.66. The predicted molar refractivity (Wildman–Crippen MR) is 96.2 cm³/mol. The van der Waals surface area contributed by atoms with Crippen molar-refractivity contribution in [2.45, 2.75) is 26.8 Å². The monoisotopic (exact) mass is 356 g/mol. The number of amides is 3. The van der Waals surface area contributed by atoms with Crippen LogP contribution < -0.4 is 16.1 Å². The van der Waals surface area contributed by atoms with Crippen molar-refractivity contribution in [2.24, 2.45) is 5.10 Å². The average molecular weight is 356 g/mol. The minimum Gasteiger partial charge on any atom is -0.467 e. The maximum absolute atomic E-state index is 11.9. The quantitative estimate of drug-likeness (QED) is 0.415. The van der Waals surface area contributed by atoms with Crippen LogP contribution in [0, 0.1) is 6.92 Å². The van der Waals surface area contributed by atoms with Gasteiger partial charge in [-0.2, -0.15) is 5.10 Å². The van der Waals surface area contributed by atoms with Gasteiger partial charge < -0.3 is 15.1 Å². The molecule has 2 aromatic rings. The van der Waals surface area contributed by atoms with Gasteiger partial charge in [-0.15, -0.1) is 0 Å². The second kappa shape index (κ2) is 9.16. The van der Waals surface area contributed by atoms with Gasteiger partial charge in [-0.05, 0) is 37.6 Å². The number of carbonyl (C=O) groups excluding carboxylic acids is 3. The molecule has 0 aliphatic carbocycles. The predicted octanol–water partition coefficient (Wildman–Crippen LogP) is 1.73. The van der Waals surface area contributed by atoms with Gasteiger partial charge in [-0.3, -0.25) is 14.4 Å². The van der Waals surface area contributed by atoms with Crippen molar-refractivity contribution >= 4 is 29.1 Å². The first-order valence-corrected chi connectivity index (χ1v) is 7.95. The molecule has 1 aromatic heterocycles. The van der Waals surface area contributed by atoms with Gasteiger partial charge in [0, 0.05) is 11.4 Å². The fraction of sp³-hybridized carbons (Fsp3) is 0.222. The lowest BCUT2D eigenvalue weighted by atomic mass is 10.2. The lowest BCUT2D eigenvalue weighted by Gasteiger charge is -2.07. The summed E-state index contributed by atoms with van der Waals surface area (Å²) in [6.07, 6.45) is 1.51. The highest BCUT2D eigenvalue weighted by Crippen LogP contribution is 2.12. The van der Waals surface area contributed by atoms with Crippen LogP contribution in [0.5, 0.6) is 0 Å². The highest BCUT2D eigenvalue weighted by Gasteiger charge is 2.14. The van der Waals surface area contributed by atoms with Gasteiger partial charge in [-0.25, -0.2) is 5.43 Å². The Morgan fingerprint density at radius 3 is 2.54 bits per heavy atom. The van der Waals surface area contributed by atoms with Gasteiger partial charge in [-0.1, -0.05) is 18.2 Å². The number of hydrogen-bond acceptors (Lipinski definition) is 5. The van der Waals surface area contributed by atoms with Gasteiger partial charge in [0.15, 0.2) is 0 Å². The molecule has 2 rings (SSSR count). The molecular weight excluding hydrogens is 336 g/mol. The van der Waals surface area contributed by atoms with Gasteiger partial charge in [0.1, 0.15) is 5.76 Å². The summed E-state index contributed by atoms with van der Waals surface area (Å²) in [5.41, 5.74) is 3.88. The number of nitrogens with one attached hydrogen (secondary N) is 3. The van der Waals surface area contributed by atoms with E-state index in [0.717, 1.165) is 5.56 Å². The van der Waals surface area contributed by atoms with Gasteiger partial charge in [0.05, 0.1) is 19.2 Å². The molecule has 26 heavy (non-hydrogen) atoms. The fourth-order valence-electron chi connectivity index (χ4n) is 2.02. The topological polar surface area (TPSA) is 113 Å². The Bertz CT molecular complexity index is 812. The highest BCUT2D eigenvalue weighted by molar-refractivity contribution is 6.39. The molecule has 0 saturated carbocycles. The van der Waals surface area contributed by atoms with Crippen LogP contribution >= 0.6 is 0 Å². The van der Waals surface area contributed by atoms with Crippen LogP contribution in [0.3, 0.4) is 0 Å². The number of benzene rings is 1. The summed E-state index contributed by atoms with van der Waals surface area (Å²) in [7, 11) is 0. The first kappa shape index (κ1) is 18.9. The van der Waals surface area contributed by atoms with Crippen LogP contribution in [0.1, 0.15) is 24.7 Å². The molecule has 1 aromatic carbocycles.